The maximum atomic E-state index is 12.8. The molecule has 0 saturated carbocycles. The van der Waals surface area contributed by atoms with E-state index < -0.39 is 22.0 Å². The number of hydrogen-bond donors (Lipinski definition) is 2. The molecule has 0 aliphatic carbocycles. The van der Waals surface area contributed by atoms with Crippen LogP contribution < -0.4 is 0 Å². The zero-order valence-electron chi connectivity index (χ0n) is 11.6. The van der Waals surface area contributed by atoms with Crippen molar-refractivity contribution >= 4 is 16.0 Å². The molecule has 20 heavy (non-hydrogen) atoms. The lowest BCUT2D eigenvalue weighted by atomic mass is 10.1. The van der Waals surface area contributed by atoms with Gasteiger partial charge in [0, 0.05) is 6.54 Å². The summed E-state index contributed by atoms with van der Waals surface area (Å²) in [5.74, 6) is -1.09. The summed E-state index contributed by atoms with van der Waals surface area (Å²) in [6.45, 7) is 3.47. The number of aromatic amines is 1. The van der Waals surface area contributed by atoms with Gasteiger partial charge in [0.15, 0.2) is 0 Å². The fraction of sp³-hybridized carbons (Fsp3) is 0.667. The lowest BCUT2D eigenvalue weighted by molar-refractivity contribution is -0.141. The van der Waals surface area contributed by atoms with Gasteiger partial charge in [0.05, 0.1) is 11.4 Å². The predicted molar refractivity (Wildman–Crippen MR) is 71.8 cm³/mol. The Labute approximate surface area is 118 Å². The van der Waals surface area contributed by atoms with Crippen molar-refractivity contribution in [2.45, 2.75) is 50.5 Å². The van der Waals surface area contributed by atoms with Gasteiger partial charge in [-0.15, -0.1) is 0 Å². The first-order valence-electron chi connectivity index (χ1n) is 6.62. The minimum absolute atomic E-state index is 0.102. The molecule has 112 valence electrons. The molecule has 0 aromatic carbocycles. The topological polar surface area (TPSA) is 103 Å². The van der Waals surface area contributed by atoms with E-state index in [0.717, 1.165) is 17.1 Å². The molecule has 1 saturated heterocycles. The van der Waals surface area contributed by atoms with Crippen molar-refractivity contribution in [2.75, 3.05) is 6.54 Å². The molecule has 0 bridgehead atoms. The van der Waals surface area contributed by atoms with Crippen LogP contribution in [0.4, 0.5) is 0 Å². The van der Waals surface area contributed by atoms with Crippen molar-refractivity contribution in [1.82, 2.24) is 14.5 Å². The van der Waals surface area contributed by atoms with Gasteiger partial charge in [-0.1, -0.05) is 12.8 Å². The smallest absolute Gasteiger partial charge is 0.322 e. The lowest BCUT2D eigenvalue weighted by Crippen LogP contribution is -2.44. The van der Waals surface area contributed by atoms with Crippen molar-refractivity contribution in [2.24, 2.45) is 0 Å². The van der Waals surface area contributed by atoms with E-state index in [9.17, 15) is 18.3 Å². The Kier molecular flexibility index (Phi) is 4.14. The van der Waals surface area contributed by atoms with Gasteiger partial charge in [-0.2, -0.15) is 9.40 Å². The molecule has 0 amide bonds. The second kappa shape index (κ2) is 5.53. The average molecular weight is 301 g/mol. The van der Waals surface area contributed by atoms with Crippen LogP contribution in [0, 0.1) is 13.8 Å². The number of carboxylic acid groups (broad SMARTS) is 1. The summed E-state index contributed by atoms with van der Waals surface area (Å²) in [6, 6.07) is -0.990. The molecule has 1 unspecified atom stereocenters. The molecular formula is C12H19N3O4S. The van der Waals surface area contributed by atoms with E-state index in [1.165, 1.54) is 0 Å². The summed E-state index contributed by atoms with van der Waals surface area (Å²) in [5, 5.41) is 15.8. The van der Waals surface area contributed by atoms with E-state index >= 15 is 0 Å². The number of aryl methyl sites for hydroxylation is 2. The van der Waals surface area contributed by atoms with E-state index in [1.54, 1.807) is 13.8 Å². The summed E-state index contributed by atoms with van der Waals surface area (Å²) in [4.78, 5) is 11.5. The van der Waals surface area contributed by atoms with E-state index in [4.69, 9.17) is 0 Å². The first-order chi connectivity index (χ1) is 9.35. The molecule has 7 nitrogen and oxygen atoms in total. The van der Waals surface area contributed by atoms with Crippen LogP contribution in [0.1, 0.15) is 37.1 Å². The van der Waals surface area contributed by atoms with Crippen LogP contribution in [0.2, 0.25) is 0 Å². The summed E-state index contributed by atoms with van der Waals surface area (Å²) < 4.78 is 26.6. The molecule has 0 spiro atoms. The SMILES string of the molecule is Cc1n[nH]c(C)c1S(=O)(=O)N1CCCCCC1C(=O)O. The van der Waals surface area contributed by atoms with Gasteiger partial charge in [-0.25, -0.2) is 8.42 Å². The lowest BCUT2D eigenvalue weighted by Gasteiger charge is -2.26. The van der Waals surface area contributed by atoms with Crippen LogP contribution in [0.25, 0.3) is 0 Å². The number of carboxylic acids is 1. The van der Waals surface area contributed by atoms with Gasteiger partial charge in [-0.3, -0.25) is 9.89 Å². The van der Waals surface area contributed by atoms with Gasteiger partial charge in [-0.05, 0) is 26.7 Å². The van der Waals surface area contributed by atoms with Crippen molar-refractivity contribution in [3.63, 3.8) is 0 Å². The normalized spacial score (nSPS) is 21.6. The quantitative estimate of drug-likeness (QED) is 0.868. The van der Waals surface area contributed by atoms with Crippen LogP contribution in [-0.2, 0) is 14.8 Å². The maximum absolute atomic E-state index is 12.8. The van der Waals surface area contributed by atoms with Crippen molar-refractivity contribution < 1.29 is 18.3 Å². The summed E-state index contributed by atoms with van der Waals surface area (Å²) in [5.41, 5.74) is 0.812. The number of aromatic nitrogens is 2. The highest BCUT2D eigenvalue weighted by molar-refractivity contribution is 7.89. The average Bonchev–Trinajstić information content (AvgIpc) is 2.60. The van der Waals surface area contributed by atoms with Gasteiger partial charge >= 0.3 is 5.97 Å². The molecule has 2 rings (SSSR count). The third-order valence-corrected chi connectivity index (χ3v) is 5.79. The maximum Gasteiger partial charge on any atom is 0.322 e. The largest absolute Gasteiger partial charge is 0.480 e. The van der Waals surface area contributed by atoms with Crippen LogP contribution in [0.15, 0.2) is 4.90 Å². The number of hydrogen-bond acceptors (Lipinski definition) is 4. The predicted octanol–water partition coefficient (Wildman–Crippen LogP) is 1.04. The molecule has 1 aliphatic heterocycles. The molecule has 0 radical (unpaired) electrons. The number of sulfonamides is 1. The van der Waals surface area contributed by atoms with Crippen LogP contribution in [0.3, 0.4) is 0 Å². The Hall–Kier alpha value is -1.41. The number of aliphatic carboxylic acids is 1. The minimum atomic E-state index is -3.84. The number of rotatable bonds is 3. The summed E-state index contributed by atoms with van der Waals surface area (Å²) in [7, 11) is -3.84. The molecular weight excluding hydrogens is 282 g/mol. The molecule has 1 aromatic rings. The van der Waals surface area contributed by atoms with Crippen LogP contribution in [-0.4, -0.2) is 46.6 Å². The summed E-state index contributed by atoms with van der Waals surface area (Å²) in [6.07, 6.45) is 2.61. The van der Waals surface area contributed by atoms with Crippen molar-refractivity contribution in [1.29, 1.82) is 0 Å². The summed E-state index contributed by atoms with van der Waals surface area (Å²) >= 11 is 0. The third kappa shape index (κ3) is 2.57. The molecule has 1 aliphatic rings. The Balaban J connectivity index is 2.47. The molecule has 2 N–H and O–H groups in total. The van der Waals surface area contributed by atoms with E-state index in [2.05, 4.69) is 10.2 Å². The number of nitrogens with zero attached hydrogens (tertiary/aromatic N) is 2. The number of carbonyl (C=O) groups is 1. The third-order valence-electron chi connectivity index (χ3n) is 3.62. The number of H-pyrrole nitrogens is 1. The molecule has 2 heterocycles. The molecule has 1 atom stereocenters. The highest BCUT2D eigenvalue weighted by atomic mass is 32.2. The highest BCUT2D eigenvalue weighted by Gasteiger charge is 2.38. The van der Waals surface area contributed by atoms with Crippen LogP contribution >= 0.6 is 0 Å². The van der Waals surface area contributed by atoms with Gasteiger partial charge in [0.25, 0.3) is 0 Å². The van der Waals surface area contributed by atoms with Crippen LogP contribution in [0.5, 0.6) is 0 Å². The van der Waals surface area contributed by atoms with E-state index in [-0.39, 0.29) is 11.4 Å². The highest BCUT2D eigenvalue weighted by Crippen LogP contribution is 2.27. The van der Waals surface area contributed by atoms with Crippen molar-refractivity contribution in [3.8, 4) is 0 Å². The Morgan fingerprint density at radius 3 is 2.60 bits per heavy atom. The monoisotopic (exact) mass is 301 g/mol. The fourth-order valence-corrected chi connectivity index (χ4v) is 4.64. The first-order valence-corrected chi connectivity index (χ1v) is 8.06. The van der Waals surface area contributed by atoms with Gasteiger partial charge < -0.3 is 5.11 Å². The first kappa shape index (κ1) is 15.0. The van der Waals surface area contributed by atoms with Gasteiger partial charge in [0.2, 0.25) is 10.0 Å². The zero-order chi connectivity index (χ0) is 14.9. The Morgan fingerprint density at radius 2 is 2.05 bits per heavy atom. The van der Waals surface area contributed by atoms with Gasteiger partial charge in [0.1, 0.15) is 10.9 Å². The zero-order valence-corrected chi connectivity index (χ0v) is 12.4. The molecule has 1 aromatic heterocycles. The minimum Gasteiger partial charge on any atom is -0.480 e. The Bertz CT molecular complexity index is 589. The molecule has 8 heteroatoms. The second-order valence-electron chi connectivity index (χ2n) is 5.08. The fourth-order valence-electron chi connectivity index (χ4n) is 2.65. The van der Waals surface area contributed by atoms with E-state index in [0.29, 0.717) is 24.2 Å². The standard InChI is InChI=1S/C12H19N3O4S/c1-8-11(9(2)14-13-8)20(18,19)15-7-5-3-4-6-10(15)12(16)17/h10H,3-7H2,1-2H3,(H,13,14)(H,16,17). The van der Waals surface area contributed by atoms with E-state index in [1.807, 2.05) is 0 Å². The molecule has 1 fully saturated rings. The second-order valence-corrected chi connectivity index (χ2v) is 6.91. The van der Waals surface area contributed by atoms with Crippen molar-refractivity contribution in [3.05, 3.63) is 11.4 Å². The Morgan fingerprint density at radius 1 is 1.35 bits per heavy atom. The number of nitrogens with one attached hydrogen (secondary N) is 1.